The zero-order valence-corrected chi connectivity index (χ0v) is 30.9. The summed E-state index contributed by atoms with van der Waals surface area (Å²) in [6, 6.07) is 61.7. The molecule has 4 nitrogen and oxygen atoms in total. The van der Waals surface area contributed by atoms with E-state index >= 15 is 0 Å². The van der Waals surface area contributed by atoms with Gasteiger partial charge >= 0.3 is 0 Å². The zero-order chi connectivity index (χ0) is 37.0. The maximum absolute atomic E-state index is 6.81. The van der Waals surface area contributed by atoms with Gasteiger partial charge in [-0.05, 0) is 69.8 Å². The Balaban J connectivity index is 1.06. The molecule has 56 heavy (non-hydrogen) atoms. The first-order valence-corrected chi connectivity index (χ1v) is 19.5. The molecule has 0 saturated heterocycles. The summed E-state index contributed by atoms with van der Waals surface area (Å²) in [7, 11) is 0. The molecule has 5 heteroatoms. The molecule has 0 unspecified atom stereocenters. The summed E-state index contributed by atoms with van der Waals surface area (Å²) in [5.41, 5.74) is 13.0. The van der Waals surface area contributed by atoms with Gasteiger partial charge in [-0.1, -0.05) is 140 Å². The molecule has 262 valence electrons. The highest BCUT2D eigenvalue weighted by atomic mass is 32.1. The molecule has 0 radical (unpaired) electrons. The average Bonchev–Trinajstić information content (AvgIpc) is 3.86. The van der Waals surface area contributed by atoms with Crippen molar-refractivity contribution >= 4 is 53.4 Å². The molecule has 0 aliphatic carbocycles. The molecule has 4 aromatic heterocycles. The van der Waals surface area contributed by atoms with Crippen molar-refractivity contribution in [3.63, 3.8) is 0 Å². The van der Waals surface area contributed by atoms with Crippen LogP contribution in [0.25, 0.3) is 109 Å². The Morgan fingerprint density at radius 1 is 0.411 bits per heavy atom. The number of hydrogen-bond donors (Lipinski definition) is 0. The molecule has 11 aromatic rings. The largest absolute Gasteiger partial charge is 0.455 e. The number of nitrogens with zero attached hydrogens (tertiary/aromatic N) is 3. The summed E-state index contributed by atoms with van der Waals surface area (Å²) in [5, 5.41) is 4.71. The molecule has 0 spiro atoms. The van der Waals surface area contributed by atoms with Gasteiger partial charge in [-0.2, -0.15) is 0 Å². The van der Waals surface area contributed by atoms with Crippen LogP contribution in [-0.2, 0) is 0 Å². The van der Waals surface area contributed by atoms with Crippen molar-refractivity contribution in [3.05, 3.63) is 188 Å². The van der Waals surface area contributed by atoms with Gasteiger partial charge in [0.05, 0.1) is 11.4 Å². The van der Waals surface area contributed by atoms with E-state index in [0.717, 1.165) is 77.8 Å². The molecule has 0 saturated carbocycles. The van der Waals surface area contributed by atoms with Crippen molar-refractivity contribution in [2.75, 3.05) is 0 Å². The highest BCUT2D eigenvalue weighted by Crippen LogP contribution is 2.46. The van der Waals surface area contributed by atoms with E-state index in [1.54, 1.807) is 6.20 Å². The van der Waals surface area contributed by atoms with Crippen LogP contribution < -0.4 is 0 Å². The van der Waals surface area contributed by atoms with Crippen LogP contribution in [-0.4, -0.2) is 15.0 Å². The number of benzene rings is 7. The summed E-state index contributed by atoms with van der Waals surface area (Å²) in [6.45, 7) is 0. The Morgan fingerprint density at radius 3 is 1.82 bits per heavy atom. The summed E-state index contributed by atoms with van der Waals surface area (Å²) in [6.07, 6.45) is 3.69. The van der Waals surface area contributed by atoms with Gasteiger partial charge < -0.3 is 4.42 Å². The molecule has 0 bridgehead atoms. The van der Waals surface area contributed by atoms with Crippen LogP contribution in [0.1, 0.15) is 0 Å². The van der Waals surface area contributed by atoms with Crippen molar-refractivity contribution in [2.45, 2.75) is 0 Å². The van der Waals surface area contributed by atoms with Gasteiger partial charge in [-0.3, -0.25) is 4.98 Å². The number of para-hydroxylation sites is 1. The third kappa shape index (κ3) is 5.48. The minimum absolute atomic E-state index is 0.655. The summed E-state index contributed by atoms with van der Waals surface area (Å²) >= 11 is 1.84. The minimum atomic E-state index is 0.655. The summed E-state index contributed by atoms with van der Waals surface area (Å²) in [5.74, 6) is 0.655. The molecule has 7 aromatic carbocycles. The van der Waals surface area contributed by atoms with Crippen molar-refractivity contribution in [1.82, 2.24) is 15.0 Å². The number of thiophene rings is 1. The number of fused-ring (bicyclic) bond motifs is 6. The van der Waals surface area contributed by atoms with Crippen LogP contribution in [0.5, 0.6) is 0 Å². The van der Waals surface area contributed by atoms with E-state index in [1.165, 1.54) is 25.7 Å². The van der Waals surface area contributed by atoms with E-state index in [0.29, 0.717) is 5.82 Å². The van der Waals surface area contributed by atoms with Crippen LogP contribution in [0.15, 0.2) is 193 Å². The van der Waals surface area contributed by atoms with Crippen molar-refractivity contribution in [1.29, 1.82) is 0 Å². The Hall–Kier alpha value is -7.21. The molecule has 0 aliphatic rings. The number of pyridine rings is 1. The van der Waals surface area contributed by atoms with Crippen LogP contribution in [0.4, 0.5) is 0 Å². The van der Waals surface area contributed by atoms with E-state index in [1.807, 2.05) is 47.9 Å². The van der Waals surface area contributed by atoms with E-state index in [4.69, 9.17) is 14.4 Å². The second-order valence-corrected chi connectivity index (χ2v) is 15.0. The second kappa shape index (κ2) is 13.3. The van der Waals surface area contributed by atoms with Gasteiger partial charge in [0.2, 0.25) is 0 Å². The summed E-state index contributed by atoms with van der Waals surface area (Å²) < 4.78 is 9.37. The van der Waals surface area contributed by atoms with E-state index in [9.17, 15) is 0 Å². The average molecular weight is 734 g/mol. The number of rotatable bonds is 6. The predicted molar refractivity (Wildman–Crippen MR) is 233 cm³/mol. The molecule has 0 N–H and O–H groups in total. The first kappa shape index (κ1) is 32.2. The predicted octanol–water partition coefficient (Wildman–Crippen LogP) is 14.1. The molecule has 0 amide bonds. The van der Waals surface area contributed by atoms with Crippen LogP contribution >= 0.6 is 11.3 Å². The monoisotopic (exact) mass is 733 g/mol. The first-order chi connectivity index (χ1) is 27.7. The Kier molecular flexibility index (Phi) is 7.64. The van der Waals surface area contributed by atoms with Crippen molar-refractivity contribution < 1.29 is 4.42 Å². The molecule has 4 heterocycles. The third-order valence-corrected chi connectivity index (χ3v) is 11.8. The molecule has 0 atom stereocenters. The van der Waals surface area contributed by atoms with Gasteiger partial charge in [0.25, 0.3) is 0 Å². The SMILES string of the molecule is c1ccc(-c2cc(-c3ccc(-c4cccc5sc6ccccc6c45)c4c3oc3ccccc34)nc(-c3ccc(-c4ccc(-c5cccnc5)cc4)cc3)n2)cc1. The fraction of sp³-hybridized carbons (Fsp3) is 0. The van der Waals surface area contributed by atoms with E-state index in [2.05, 4.69) is 151 Å². The Labute approximate surface area is 327 Å². The quantitative estimate of drug-likeness (QED) is 0.171. The fourth-order valence-corrected chi connectivity index (χ4v) is 9.06. The fourth-order valence-electron chi connectivity index (χ4n) is 7.92. The normalized spacial score (nSPS) is 11.6. The maximum atomic E-state index is 6.81. The van der Waals surface area contributed by atoms with Gasteiger partial charge in [0.1, 0.15) is 11.2 Å². The summed E-state index contributed by atoms with van der Waals surface area (Å²) in [4.78, 5) is 14.7. The molecule has 0 aliphatic heterocycles. The Bertz CT molecular complexity index is 3220. The van der Waals surface area contributed by atoms with E-state index < -0.39 is 0 Å². The van der Waals surface area contributed by atoms with Gasteiger partial charge in [0.15, 0.2) is 5.82 Å². The Morgan fingerprint density at radius 2 is 1.04 bits per heavy atom. The third-order valence-electron chi connectivity index (χ3n) is 10.6. The number of aromatic nitrogens is 3. The number of hydrogen-bond acceptors (Lipinski definition) is 5. The second-order valence-electron chi connectivity index (χ2n) is 14.0. The molecular formula is C51H31N3OS. The highest BCUT2D eigenvalue weighted by Gasteiger charge is 2.21. The zero-order valence-electron chi connectivity index (χ0n) is 30.1. The lowest BCUT2D eigenvalue weighted by molar-refractivity contribution is 0.670. The molecule has 11 rings (SSSR count). The van der Waals surface area contributed by atoms with Crippen LogP contribution in [0.3, 0.4) is 0 Å². The molecular weight excluding hydrogens is 703 g/mol. The minimum Gasteiger partial charge on any atom is -0.455 e. The van der Waals surface area contributed by atoms with Crippen LogP contribution in [0, 0.1) is 0 Å². The first-order valence-electron chi connectivity index (χ1n) is 18.7. The van der Waals surface area contributed by atoms with Crippen molar-refractivity contribution in [3.8, 4) is 67.3 Å². The standard InChI is InChI=1S/C51H31N3OS/c1-2-10-35(11-3-1)43-30-44(54-51(53-43)36-25-23-33(24-26-36)32-19-21-34(22-20-32)37-12-9-29-52-31-37)40-28-27-39(49-41-13-4-6-16-45(41)55-50(40)49)38-15-8-18-47-48(38)42-14-5-7-17-46(42)56-47/h1-31H. The lowest BCUT2D eigenvalue weighted by Crippen LogP contribution is -1.96. The molecule has 0 fully saturated rings. The maximum Gasteiger partial charge on any atom is 0.160 e. The number of furan rings is 1. The highest BCUT2D eigenvalue weighted by molar-refractivity contribution is 7.25. The van der Waals surface area contributed by atoms with Gasteiger partial charge in [0, 0.05) is 60.0 Å². The van der Waals surface area contributed by atoms with Gasteiger partial charge in [-0.15, -0.1) is 11.3 Å². The van der Waals surface area contributed by atoms with Crippen LogP contribution in [0.2, 0.25) is 0 Å². The van der Waals surface area contributed by atoms with Crippen molar-refractivity contribution in [2.24, 2.45) is 0 Å². The van der Waals surface area contributed by atoms with Gasteiger partial charge in [-0.25, -0.2) is 9.97 Å². The lowest BCUT2D eigenvalue weighted by Gasteiger charge is -2.12. The smallest absolute Gasteiger partial charge is 0.160 e. The lowest BCUT2D eigenvalue weighted by atomic mass is 9.93. The topological polar surface area (TPSA) is 51.8 Å². The van der Waals surface area contributed by atoms with E-state index in [-0.39, 0.29) is 0 Å².